The Morgan fingerprint density at radius 1 is 1.22 bits per heavy atom. The number of nitrogens with zero attached hydrogens (tertiary/aromatic N) is 2. The molecular weight excluding hydrogens is 290 g/mol. The molecule has 0 radical (unpaired) electrons. The Morgan fingerprint density at radius 2 is 1.83 bits per heavy atom. The number of aromatic nitrogens is 2. The van der Waals surface area contributed by atoms with Gasteiger partial charge in [-0.05, 0) is 34.2 Å². The Bertz CT molecular complexity index is 431. The van der Waals surface area contributed by atoms with E-state index < -0.39 is 0 Å². The fourth-order valence-corrected chi connectivity index (χ4v) is 3.06. The Kier molecular flexibility index (Phi) is 3.95. The Morgan fingerprint density at radius 3 is 2.39 bits per heavy atom. The highest BCUT2D eigenvalue weighted by molar-refractivity contribution is 9.10. The van der Waals surface area contributed by atoms with Crippen LogP contribution in [-0.4, -0.2) is 9.97 Å². The molecular formula is C14H22BrN3. The van der Waals surface area contributed by atoms with Gasteiger partial charge in [-0.1, -0.05) is 33.6 Å². The average Bonchev–Trinajstić information content (AvgIpc) is 2.74. The summed E-state index contributed by atoms with van der Waals surface area (Å²) in [5.41, 5.74) is 7.32. The normalized spacial score (nSPS) is 17.3. The number of anilines is 1. The van der Waals surface area contributed by atoms with Crippen LogP contribution in [0.25, 0.3) is 0 Å². The van der Waals surface area contributed by atoms with E-state index in [2.05, 4.69) is 41.7 Å². The van der Waals surface area contributed by atoms with Crippen LogP contribution in [0.15, 0.2) is 4.47 Å². The smallest absolute Gasteiger partial charge is 0.141 e. The third-order valence-electron chi connectivity index (χ3n) is 3.38. The van der Waals surface area contributed by atoms with E-state index in [-0.39, 0.29) is 5.41 Å². The summed E-state index contributed by atoms with van der Waals surface area (Å²) in [7, 11) is 0. The van der Waals surface area contributed by atoms with Crippen molar-refractivity contribution < 1.29 is 0 Å². The zero-order chi connectivity index (χ0) is 13.3. The highest BCUT2D eigenvalue weighted by Crippen LogP contribution is 2.38. The van der Waals surface area contributed by atoms with Crippen LogP contribution in [0, 0.1) is 5.41 Å². The first-order chi connectivity index (χ1) is 8.37. The van der Waals surface area contributed by atoms with Gasteiger partial charge in [0.2, 0.25) is 0 Å². The van der Waals surface area contributed by atoms with Gasteiger partial charge in [0.1, 0.15) is 11.6 Å². The molecule has 18 heavy (non-hydrogen) atoms. The average molecular weight is 312 g/mol. The summed E-state index contributed by atoms with van der Waals surface area (Å²) >= 11 is 3.55. The van der Waals surface area contributed by atoms with Crippen LogP contribution in [0.1, 0.15) is 63.9 Å². The van der Waals surface area contributed by atoms with Crippen LogP contribution >= 0.6 is 15.9 Å². The number of nitrogen functional groups attached to an aromatic ring is 1. The standard InChI is InChI=1S/C14H22BrN3/c1-14(2,3)8-10-17-12(9-6-4-5-7-9)11(15)13(16)18-10/h9H,4-8H2,1-3H3,(H2,16,17,18). The van der Waals surface area contributed by atoms with Crippen molar-refractivity contribution in [3.63, 3.8) is 0 Å². The van der Waals surface area contributed by atoms with Crippen molar-refractivity contribution in [2.45, 2.75) is 58.8 Å². The molecule has 1 saturated carbocycles. The van der Waals surface area contributed by atoms with E-state index in [1.807, 2.05) is 0 Å². The molecule has 4 heteroatoms. The van der Waals surface area contributed by atoms with Crippen molar-refractivity contribution in [3.8, 4) is 0 Å². The van der Waals surface area contributed by atoms with Gasteiger partial charge < -0.3 is 5.73 Å². The Hall–Kier alpha value is -0.640. The van der Waals surface area contributed by atoms with Crippen LogP contribution in [0.5, 0.6) is 0 Å². The molecule has 0 atom stereocenters. The second kappa shape index (κ2) is 5.16. The first kappa shape index (κ1) is 13.8. The molecule has 0 unspecified atom stereocenters. The molecule has 0 spiro atoms. The maximum Gasteiger partial charge on any atom is 0.141 e. The Labute approximate surface area is 118 Å². The highest BCUT2D eigenvalue weighted by atomic mass is 79.9. The summed E-state index contributed by atoms with van der Waals surface area (Å²) < 4.78 is 0.909. The molecule has 3 nitrogen and oxygen atoms in total. The molecule has 1 heterocycles. The van der Waals surface area contributed by atoms with Crippen molar-refractivity contribution >= 4 is 21.7 Å². The van der Waals surface area contributed by atoms with Crippen molar-refractivity contribution in [1.82, 2.24) is 9.97 Å². The second-order valence-electron chi connectivity index (χ2n) is 6.44. The van der Waals surface area contributed by atoms with Gasteiger partial charge in [-0.3, -0.25) is 0 Å². The number of hydrogen-bond acceptors (Lipinski definition) is 3. The van der Waals surface area contributed by atoms with E-state index in [0.717, 1.165) is 22.4 Å². The molecule has 0 aromatic carbocycles. The largest absolute Gasteiger partial charge is 0.383 e. The van der Waals surface area contributed by atoms with Gasteiger partial charge in [-0.15, -0.1) is 0 Å². The predicted octanol–water partition coefficient (Wildman–Crippen LogP) is 4.07. The minimum absolute atomic E-state index is 0.188. The third kappa shape index (κ3) is 3.22. The zero-order valence-electron chi connectivity index (χ0n) is 11.5. The molecule has 0 saturated heterocycles. The first-order valence-corrected chi connectivity index (χ1v) is 7.48. The lowest BCUT2D eigenvalue weighted by molar-refractivity contribution is 0.399. The number of nitrogens with two attached hydrogens (primary N) is 1. The van der Waals surface area contributed by atoms with Crippen LogP contribution in [0.3, 0.4) is 0 Å². The van der Waals surface area contributed by atoms with E-state index in [9.17, 15) is 0 Å². The lowest BCUT2D eigenvalue weighted by Crippen LogP contribution is -2.15. The van der Waals surface area contributed by atoms with Gasteiger partial charge in [-0.25, -0.2) is 9.97 Å². The van der Waals surface area contributed by atoms with Crippen molar-refractivity contribution in [3.05, 3.63) is 16.0 Å². The van der Waals surface area contributed by atoms with E-state index in [1.54, 1.807) is 0 Å². The molecule has 1 aliphatic carbocycles. The Balaban J connectivity index is 2.33. The fourth-order valence-electron chi connectivity index (χ4n) is 2.56. The maximum absolute atomic E-state index is 6.01. The summed E-state index contributed by atoms with van der Waals surface area (Å²) in [6.07, 6.45) is 5.92. The van der Waals surface area contributed by atoms with Crippen LogP contribution in [0.4, 0.5) is 5.82 Å². The summed E-state index contributed by atoms with van der Waals surface area (Å²) in [4.78, 5) is 9.17. The van der Waals surface area contributed by atoms with Crippen LogP contribution in [0.2, 0.25) is 0 Å². The molecule has 1 aromatic heterocycles. The number of rotatable bonds is 2. The topological polar surface area (TPSA) is 51.8 Å². The van der Waals surface area contributed by atoms with Gasteiger partial charge in [-0.2, -0.15) is 0 Å². The molecule has 100 valence electrons. The minimum atomic E-state index is 0.188. The molecule has 0 amide bonds. The maximum atomic E-state index is 6.01. The SMILES string of the molecule is CC(C)(C)Cc1nc(N)c(Br)c(C2CCCC2)n1. The summed E-state index contributed by atoms with van der Waals surface area (Å²) in [5.74, 6) is 2.03. The van der Waals surface area contributed by atoms with Crippen molar-refractivity contribution in [1.29, 1.82) is 0 Å². The summed E-state index contributed by atoms with van der Waals surface area (Å²) in [5, 5.41) is 0. The van der Waals surface area contributed by atoms with Gasteiger partial charge in [0.25, 0.3) is 0 Å². The number of halogens is 1. The molecule has 2 rings (SSSR count). The quantitative estimate of drug-likeness (QED) is 0.895. The van der Waals surface area contributed by atoms with E-state index in [4.69, 9.17) is 10.7 Å². The number of hydrogen-bond donors (Lipinski definition) is 1. The second-order valence-corrected chi connectivity index (χ2v) is 7.24. The highest BCUT2D eigenvalue weighted by Gasteiger charge is 2.24. The van der Waals surface area contributed by atoms with E-state index in [0.29, 0.717) is 11.7 Å². The van der Waals surface area contributed by atoms with E-state index >= 15 is 0 Å². The van der Waals surface area contributed by atoms with Gasteiger partial charge >= 0.3 is 0 Å². The first-order valence-electron chi connectivity index (χ1n) is 6.68. The fraction of sp³-hybridized carbons (Fsp3) is 0.714. The lowest BCUT2D eigenvalue weighted by atomic mass is 9.92. The van der Waals surface area contributed by atoms with E-state index in [1.165, 1.54) is 25.7 Å². The van der Waals surface area contributed by atoms with Crippen molar-refractivity contribution in [2.24, 2.45) is 5.41 Å². The predicted molar refractivity (Wildman–Crippen MR) is 78.5 cm³/mol. The molecule has 1 aromatic rings. The third-order valence-corrected chi connectivity index (χ3v) is 4.19. The molecule has 1 aliphatic rings. The monoisotopic (exact) mass is 311 g/mol. The van der Waals surface area contributed by atoms with Crippen molar-refractivity contribution in [2.75, 3.05) is 5.73 Å². The minimum Gasteiger partial charge on any atom is -0.383 e. The van der Waals surface area contributed by atoms with Gasteiger partial charge in [0.05, 0.1) is 10.2 Å². The van der Waals surface area contributed by atoms with Crippen LogP contribution in [-0.2, 0) is 6.42 Å². The summed E-state index contributed by atoms with van der Waals surface area (Å²) in [6, 6.07) is 0. The lowest BCUT2D eigenvalue weighted by Gasteiger charge is -2.19. The van der Waals surface area contributed by atoms with Crippen LogP contribution < -0.4 is 5.73 Å². The molecule has 0 aliphatic heterocycles. The molecule has 0 bridgehead atoms. The molecule has 2 N–H and O–H groups in total. The van der Waals surface area contributed by atoms with Gasteiger partial charge in [0.15, 0.2) is 0 Å². The zero-order valence-corrected chi connectivity index (χ0v) is 13.0. The summed E-state index contributed by atoms with van der Waals surface area (Å²) in [6.45, 7) is 6.59. The molecule has 1 fully saturated rings. The van der Waals surface area contributed by atoms with Gasteiger partial charge in [0, 0.05) is 12.3 Å².